The van der Waals surface area contributed by atoms with Crippen molar-refractivity contribution in [3.8, 4) is 11.5 Å². The minimum absolute atomic E-state index is 0.0209. The summed E-state index contributed by atoms with van der Waals surface area (Å²) in [4.78, 5) is 15.4. The van der Waals surface area contributed by atoms with Gasteiger partial charge in [0.1, 0.15) is 0 Å². The van der Waals surface area contributed by atoms with Gasteiger partial charge in [0, 0.05) is 30.6 Å². The molecule has 1 saturated heterocycles. The third kappa shape index (κ3) is 5.44. The SMILES string of the molecule is COc1ccc([C@@]23CC[C@@H](NC(=O)NCc4ccccc4)C[C@@H]2N(Cc2ccccc2)CC3)cc1OC. The molecular weight excluding hydrogens is 462 g/mol. The summed E-state index contributed by atoms with van der Waals surface area (Å²) >= 11 is 0. The van der Waals surface area contributed by atoms with E-state index in [9.17, 15) is 4.79 Å². The Balaban J connectivity index is 1.35. The second-order valence-electron chi connectivity index (χ2n) is 10.2. The number of nitrogens with zero attached hydrogens (tertiary/aromatic N) is 1. The summed E-state index contributed by atoms with van der Waals surface area (Å²) in [6, 6.07) is 27.5. The van der Waals surface area contributed by atoms with E-state index in [0.717, 1.165) is 55.8 Å². The van der Waals surface area contributed by atoms with Crippen molar-refractivity contribution in [3.05, 3.63) is 95.6 Å². The number of likely N-dealkylation sites (tertiary alicyclic amines) is 1. The minimum atomic E-state index is -0.0972. The molecule has 2 N–H and O–H groups in total. The first-order valence-corrected chi connectivity index (χ1v) is 13.2. The van der Waals surface area contributed by atoms with Gasteiger partial charge in [-0.05, 0) is 61.1 Å². The van der Waals surface area contributed by atoms with Crippen molar-refractivity contribution >= 4 is 6.03 Å². The smallest absolute Gasteiger partial charge is 0.315 e. The topological polar surface area (TPSA) is 62.8 Å². The first-order valence-electron chi connectivity index (χ1n) is 13.2. The maximum absolute atomic E-state index is 12.8. The molecule has 3 aromatic carbocycles. The van der Waals surface area contributed by atoms with E-state index in [1.54, 1.807) is 14.2 Å². The second-order valence-corrected chi connectivity index (χ2v) is 10.2. The molecule has 5 rings (SSSR count). The van der Waals surface area contributed by atoms with E-state index in [1.165, 1.54) is 11.1 Å². The Morgan fingerprint density at radius 3 is 2.32 bits per heavy atom. The first-order chi connectivity index (χ1) is 18.1. The van der Waals surface area contributed by atoms with E-state index in [1.807, 2.05) is 36.4 Å². The molecule has 0 bridgehead atoms. The molecule has 3 aromatic rings. The normalized spacial score (nSPS) is 23.2. The Morgan fingerprint density at radius 2 is 1.62 bits per heavy atom. The van der Waals surface area contributed by atoms with Gasteiger partial charge in [-0.25, -0.2) is 4.79 Å². The fourth-order valence-corrected chi connectivity index (χ4v) is 6.28. The summed E-state index contributed by atoms with van der Waals surface area (Å²) < 4.78 is 11.2. The number of amides is 2. The van der Waals surface area contributed by atoms with Crippen molar-refractivity contribution in [2.45, 2.75) is 56.3 Å². The lowest BCUT2D eigenvalue weighted by molar-refractivity contribution is 0.130. The molecule has 2 amide bonds. The highest BCUT2D eigenvalue weighted by Gasteiger charge is 2.51. The van der Waals surface area contributed by atoms with Gasteiger partial charge in [-0.3, -0.25) is 4.90 Å². The van der Waals surface area contributed by atoms with Crippen LogP contribution < -0.4 is 20.1 Å². The second kappa shape index (κ2) is 11.3. The largest absolute Gasteiger partial charge is 0.493 e. The molecule has 0 aromatic heterocycles. The average Bonchev–Trinajstić information content (AvgIpc) is 3.31. The lowest BCUT2D eigenvalue weighted by Gasteiger charge is -2.45. The van der Waals surface area contributed by atoms with Crippen LogP contribution in [0.4, 0.5) is 4.79 Å². The third-order valence-electron chi connectivity index (χ3n) is 8.19. The van der Waals surface area contributed by atoms with Crippen LogP contribution in [0.2, 0.25) is 0 Å². The van der Waals surface area contributed by atoms with Gasteiger partial charge in [-0.15, -0.1) is 0 Å². The number of nitrogens with one attached hydrogen (secondary N) is 2. The molecule has 0 spiro atoms. The van der Waals surface area contributed by atoms with Crippen molar-refractivity contribution < 1.29 is 14.3 Å². The lowest BCUT2D eigenvalue weighted by atomic mass is 9.65. The third-order valence-corrected chi connectivity index (χ3v) is 8.19. The molecule has 1 aliphatic carbocycles. The highest BCUT2D eigenvalue weighted by atomic mass is 16.5. The molecule has 2 fully saturated rings. The van der Waals surface area contributed by atoms with Crippen LogP contribution in [0, 0.1) is 0 Å². The Morgan fingerprint density at radius 1 is 0.919 bits per heavy atom. The Bertz CT molecular complexity index is 1190. The first kappa shape index (κ1) is 25.2. The van der Waals surface area contributed by atoms with Crippen LogP contribution in [0.1, 0.15) is 42.4 Å². The number of hydrogen-bond donors (Lipinski definition) is 2. The van der Waals surface area contributed by atoms with Crippen molar-refractivity contribution in [2.24, 2.45) is 0 Å². The fraction of sp³-hybridized carbons (Fsp3) is 0.387. The lowest BCUT2D eigenvalue weighted by Crippen LogP contribution is -2.53. The van der Waals surface area contributed by atoms with E-state index in [4.69, 9.17) is 9.47 Å². The van der Waals surface area contributed by atoms with E-state index < -0.39 is 0 Å². The number of rotatable bonds is 8. The zero-order valence-electron chi connectivity index (χ0n) is 21.8. The van der Waals surface area contributed by atoms with Crippen molar-refractivity contribution in [1.29, 1.82) is 0 Å². The number of hydrogen-bond acceptors (Lipinski definition) is 4. The van der Waals surface area contributed by atoms with Crippen LogP contribution >= 0.6 is 0 Å². The maximum atomic E-state index is 12.8. The molecular formula is C31H37N3O3. The number of fused-ring (bicyclic) bond motifs is 1. The number of urea groups is 1. The summed E-state index contributed by atoms with van der Waals surface area (Å²) in [6.07, 6.45) is 3.97. The van der Waals surface area contributed by atoms with Crippen LogP contribution in [0.25, 0.3) is 0 Å². The highest BCUT2D eigenvalue weighted by molar-refractivity contribution is 5.74. The van der Waals surface area contributed by atoms with Gasteiger partial charge in [-0.1, -0.05) is 66.7 Å². The Hall–Kier alpha value is -3.51. The molecule has 37 heavy (non-hydrogen) atoms. The molecule has 194 valence electrons. The van der Waals surface area contributed by atoms with Crippen LogP contribution in [0.5, 0.6) is 11.5 Å². The molecule has 2 aliphatic rings. The zero-order valence-corrected chi connectivity index (χ0v) is 21.8. The van der Waals surface area contributed by atoms with Crippen LogP contribution in [0.3, 0.4) is 0 Å². The number of methoxy groups -OCH3 is 2. The summed E-state index contributed by atoms with van der Waals surface area (Å²) in [5.74, 6) is 1.53. The summed E-state index contributed by atoms with van der Waals surface area (Å²) in [5, 5.41) is 6.31. The van der Waals surface area contributed by atoms with E-state index in [0.29, 0.717) is 12.6 Å². The van der Waals surface area contributed by atoms with Crippen LogP contribution in [-0.4, -0.2) is 43.8 Å². The van der Waals surface area contributed by atoms with Crippen molar-refractivity contribution in [1.82, 2.24) is 15.5 Å². The summed E-state index contributed by atoms with van der Waals surface area (Å²) in [6.45, 7) is 2.47. The van der Waals surface area contributed by atoms with E-state index in [-0.39, 0.29) is 17.5 Å². The number of carbonyl (C=O) groups excluding carboxylic acids is 1. The predicted octanol–water partition coefficient (Wildman–Crippen LogP) is 5.27. The Kier molecular flexibility index (Phi) is 7.65. The molecule has 6 nitrogen and oxygen atoms in total. The minimum Gasteiger partial charge on any atom is -0.493 e. The van der Waals surface area contributed by atoms with Gasteiger partial charge in [0.2, 0.25) is 0 Å². The standard InChI is InChI=1S/C31H37N3O3/c1-36-27-14-13-25(19-28(27)37-2)31-16-15-26(33-30(35)32-21-23-9-5-3-6-10-23)20-29(31)34(18-17-31)22-24-11-7-4-8-12-24/h3-14,19,26,29H,15-18,20-22H2,1-2H3,(H2,32,33,35)/t26-,29+,31+/m1/s1. The van der Waals surface area contributed by atoms with Crippen molar-refractivity contribution in [2.75, 3.05) is 20.8 Å². The van der Waals surface area contributed by atoms with Gasteiger partial charge in [-0.2, -0.15) is 0 Å². The molecule has 6 heteroatoms. The summed E-state index contributed by atoms with van der Waals surface area (Å²) in [5.41, 5.74) is 3.74. The monoisotopic (exact) mass is 499 g/mol. The maximum Gasteiger partial charge on any atom is 0.315 e. The van der Waals surface area contributed by atoms with Crippen LogP contribution in [0.15, 0.2) is 78.9 Å². The number of ether oxygens (including phenoxy) is 2. The molecule has 0 radical (unpaired) electrons. The van der Waals surface area contributed by atoms with Gasteiger partial charge >= 0.3 is 6.03 Å². The van der Waals surface area contributed by atoms with Gasteiger partial charge < -0.3 is 20.1 Å². The fourth-order valence-electron chi connectivity index (χ4n) is 6.28. The molecule has 1 saturated carbocycles. The molecule has 1 aliphatic heterocycles. The highest BCUT2D eigenvalue weighted by Crippen LogP contribution is 2.50. The Labute approximate surface area is 220 Å². The summed E-state index contributed by atoms with van der Waals surface area (Å²) in [7, 11) is 3.37. The molecule has 0 unspecified atom stereocenters. The van der Waals surface area contributed by atoms with Gasteiger partial charge in [0.05, 0.1) is 14.2 Å². The van der Waals surface area contributed by atoms with Crippen LogP contribution in [-0.2, 0) is 18.5 Å². The zero-order chi connectivity index (χ0) is 25.7. The molecule has 1 heterocycles. The number of benzene rings is 3. The van der Waals surface area contributed by atoms with E-state index in [2.05, 4.69) is 58.0 Å². The van der Waals surface area contributed by atoms with E-state index >= 15 is 0 Å². The van der Waals surface area contributed by atoms with Crippen molar-refractivity contribution in [3.63, 3.8) is 0 Å². The number of carbonyl (C=O) groups is 1. The average molecular weight is 500 g/mol. The quantitative estimate of drug-likeness (QED) is 0.443. The van der Waals surface area contributed by atoms with Gasteiger partial charge in [0.15, 0.2) is 11.5 Å². The molecule has 3 atom stereocenters. The predicted molar refractivity (Wildman–Crippen MR) is 146 cm³/mol. The van der Waals surface area contributed by atoms with Gasteiger partial charge in [0.25, 0.3) is 0 Å².